The molecule has 4 rings (SSSR count). The number of carbonyl (C=O) groups excluding carboxylic acids is 1. The Morgan fingerprint density at radius 3 is 2.51 bits per heavy atom. The zero-order chi connectivity index (χ0) is 26.9. The van der Waals surface area contributed by atoms with Crippen LogP contribution in [0.15, 0.2) is 35.2 Å². The van der Waals surface area contributed by atoms with E-state index >= 15 is 4.39 Å². The van der Waals surface area contributed by atoms with Gasteiger partial charge in [-0.15, -0.1) is 0 Å². The monoisotopic (exact) mass is 515 g/mol. The minimum atomic E-state index is -3.18. The Kier molecular flexibility index (Phi) is 6.92. The van der Waals surface area contributed by atoms with E-state index < -0.39 is 35.2 Å². The van der Waals surface area contributed by atoms with Crippen LogP contribution in [0.2, 0.25) is 0 Å². The van der Waals surface area contributed by atoms with E-state index in [2.05, 4.69) is 40.8 Å². The van der Waals surface area contributed by atoms with Crippen LogP contribution in [0.1, 0.15) is 67.8 Å². The highest BCUT2D eigenvalue weighted by atomic mass is 19.3. The van der Waals surface area contributed by atoms with E-state index in [0.717, 1.165) is 6.33 Å². The van der Waals surface area contributed by atoms with Crippen molar-refractivity contribution in [1.29, 1.82) is 0 Å². The lowest BCUT2D eigenvalue weighted by Gasteiger charge is -2.19. The molecule has 194 valence electrons. The highest BCUT2D eigenvalue weighted by molar-refractivity contribution is 5.90. The zero-order valence-corrected chi connectivity index (χ0v) is 20.6. The Bertz CT molecular complexity index is 1430. The first-order chi connectivity index (χ1) is 17.4. The van der Waals surface area contributed by atoms with Crippen LogP contribution < -0.4 is 10.6 Å². The van der Waals surface area contributed by atoms with Gasteiger partial charge in [-0.1, -0.05) is 32.0 Å². The summed E-state index contributed by atoms with van der Waals surface area (Å²) in [6.07, 6.45) is -0.359. The van der Waals surface area contributed by atoms with Gasteiger partial charge in [0.15, 0.2) is 11.6 Å². The molecule has 0 saturated carbocycles. The molecule has 0 bridgehead atoms. The fraction of sp³-hybridized carbons (Fsp3) is 0.348. The molecule has 3 heterocycles. The van der Waals surface area contributed by atoms with Gasteiger partial charge >= 0.3 is 0 Å². The number of nitrogens with one attached hydrogen (secondary N) is 2. The highest BCUT2D eigenvalue weighted by Gasteiger charge is 2.28. The SMILES string of the molecule is C[C@H](NC(=O)c1noc(C(C)(C)C)n1)c1ccc(-c2ncnc(Nc3ccn(C)n3)n2)c(F)c1C(F)F. The molecule has 4 aromatic rings. The fourth-order valence-electron chi connectivity index (χ4n) is 3.42. The summed E-state index contributed by atoms with van der Waals surface area (Å²) in [6.45, 7) is 6.93. The third-order valence-corrected chi connectivity index (χ3v) is 5.28. The molecule has 0 saturated heterocycles. The van der Waals surface area contributed by atoms with Gasteiger partial charge in [0.05, 0.1) is 17.2 Å². The van der Waals surface area contributed by atoms with Crippen LogP contribution >= 0.6 is 0 Å². The molecule has 11 nitrogen and oxygen atoms in total. The average molecular weight is 516 g/mol. The molecule has 0 fully saturated rings. The maximum Gasteiger partial charge on any atom is 0.293 e. The summed E-state index contributed by atoms with van der Waals surface area (Å²) in [5.41, 5.74) is -1.74. The van der Waals surface area contributed by atoms with Gasteiger partial charge in [-0.05, 0) is 18.6 Å². The van der Waals surface area contributed by atoms with Crippen molar-refractivity contribution in [1.82, 2.24) is 40.2 Å². The molecule has 2 N–H and O–H groups in total. The van der Waals surface area contributed by atoms with Gasteiger partial charge < -0.3 is 15.2 Å². The summed E-state index contributed by atoms with van der Waals surface area (Å²) >= 11 is 0. The molecule has 0 aliphatic heterocycles. The van der Waals surface area contributed by atoms with Gasteiger partial charge in [-0.2, -0.15) is 15.1 Å². The Balaban J connectivity index is 1.61. The number of aromatic nitrogens is 7. The molecule has 0 aliphatic carbocycles. The Labute approximate surface area is 209 Å². The van der Waals surface area contributed by atoms with Gasteiger partial charge in [-0.3, -0.25) is 9.48 Å². The van der Waals surface area contributed by atoms with Gasteiger partial charge in [0.1, 0.15) is 12.1 Å². The van der Waals surface area contributed by atoms with Crippen LogP contribution in [0.5, 0.6) is 0 Å². The molecule has 0 unspecified atom stereocenters. The molecule has 1 aromatic carbocycles. The average Bonchev–Trinajstić information content (AvgIpc) is 3.48. The van der Waals surface area contributed by atoms with Crippen LogP contribution in [-0.4, -0.2) is 40.8 Å². The number of halogens is 3. The first kappa shape index (κ1) is 25.7. The van der Waals surface area contributed by atoms with Crippen molar-refractivity contribution in [2.45, 2.75) is 45.6 Å². The second-order valence-corrected chi connectivity index (χ2v) is 9.23. The third kappa shape index (κ3) is 5.57. The number of anilines is 2. The summed E-state index contributed by atoms with van der Waals surface area (Å²) < 4.78 is 50.2. The first-order valence-corrected chi connectivity index (χ1v) is 11.2. The lowest BCUT2D eigenvalue weighted by molar-refractivity contribution is 0.0923. The Morgan fingerprint density at radius 1 is 1.14 bits per heavy atom. The number of nitrogens with zero attached hydrogens (tertiary/aromatic N) is 7. The second-order valence-electron chi connectivity index (χ2n) is 9.23. The maximum absolute atomic E-state index is 15.4. The van der Waals surface area contributed by atoms with E-state index in [-0.39, 0.29) is 34.6 Å². The van der Waals surface area contributed by atoms with E-state index in [1.165, 1.54) is 19.1 Å². The number of hydrogen-bond donors (Lipinski definition) is 2. The second kappa shape index (κ2) is 9.95. The maximum atomic E-state index is 15.4. The van der Waals surface area contributed by atoms with Crippen molar-refractivity contribution in [3.05, 3.63) is 59.4 Å². The Hall–Kier alpha value is -4.36. The standard InChI is InChI=1S/C23H24F3N9O2/c1-11(29-20(36)19-31-21(37-34-19)23(2,3)4)12-6-7-13(16(24)15(12)17(25)26)18-27-10-28-22(32-18)30-14-8-9-35(5)33-14/h6-11,17H,1-5H3,(H,29,36)(H,27,28,30,32,33)/t11-/m0/s1. The van der Waals surface area contributed by atoms with Crippen LogP contribution in [0.4, 0.5) is 24.9 Å². The predicted molar refractivity (Wildman–Crippen MR) is 126 cm³/mol. The van der Waals surface area contributed by atoms with Gasteiger partial charge in [0, 0.05) is 24.7 Å². The minimum absolute atomic E-state index is 0.0566. The van der Waals surface area contributed by atoms with Gasteiger partial charge in [0.25, 0.3) is 18.2 Å². The zero-order valence-electron chi connectivity index (χ0n) is 20.6. The molecule has 14 heteroatoms. The molecule has 1 amide bonds. The van der Waals surface area contributed by atoms with Crippen LogP contribution in [0, 0.1) is 5.82 Å². The van der Waals surface area contributed by atoms with E-state index in [0.29, 0.717) is 5.82 Å². The largest absolute Gasteiger partial charge is 0.343 e. The fourth-order valence-corrected chi connectivity index (χ4v) is 3.42. The van der Waals surface area contributed by atoms with Gasteiger partial charge in [-0.25, -0.2) is 23.1 Å². The number of carbonyl (C=O) groups is 1. The minimum Gasteiger partial charge on any atom is -0.343 e. The summed E-state index contributed by atoms with van der Waals surface area (Å²) in [4.78, 5) is 28.7. The molecular weight excluding hydrogens is 491 g/mol. The number of hydrogen-bond acceptors (Lipinski definition) is 9. The van der Waals surface area contributed by atoms with Crippen molar-refractivity contribution < 1.29 is 22.5 Å². The van der Waals surface area contributed by atoms with Crippen molar-refractivity contribution in [3.63, 3.8) is 0 Å². The first-order valence-electron chi connectivity index (χ1n) is 11.2. The molecule has 0 radical (unpaired) electrons. The van der Waals surface area contributed by atoms with E-state index in [9.17, 15) is 13.6 Å². The quantitative estimate of drug-likeness (QED) is 0.370. The summed E-state index contributed by atoms with van der Waals surface area (Å²) in [5, 5.41) is 13.1. The van der Waals surface area contributed by atoms with Crippen LogP contribution in [0.25, 0.3) is 11.4 Å². The predicted octanol–water partition coefficient (Wildman–Crippen LogP) is 4.26. The van der Waals surface area contributed by atoms with Crippen molar-refractivity contribution in [2.24, 2.45) is 7.05 Å². The van der Waals surface area contributed by atoms with Gasteiger partial charge in [0.2, 0.25) is 11.8 Å². The number of amides is 1. The van der Waals surface area contributed by atoms with Crippen molar-refractivity contribution in [3.8, 4) is 11.4 Å². The molecule has 1 atom stereocenters. The van der Waals surface area contributed by atoms with Crippen LogP contribution in [0.3, 0.4) is 0 Å². The lowest BCUT2D eigenvalue weighted by Crippen LogP contribution is -2.28. The lowest BCUT2D eigenvalue weighted by atomic mass is 9.97. The van der Waals surface area contributed by atoms with E-state index in [4.69, 9.17) is 4.52 Å². The Morgan fingerprint density at radius 2 is 1.89 bits per heavy atom. The highest BCUT2D eigenvalue weighted by Crippen LogP contribution is 2.35. The number of rotatable bonds is 7. The van der Waals surface area contributed by atoms with E-state index in [1.54, 1.807) is 24.0 Å². The summed E-state index contributed by atoms with van der Waals surface area (Å²) in [5.74, 6) is -1.64. The molecular formula is C23H24F3N9O2. The molecule has 0 aliphatic rings. The number of alkyl halides is 2. The summed E-state index contributed by atoms with van der Waals surface area (Å²) in [6, 6.07) is 3.22. The number of aryl methyl sites for hydroxylation is 1. The van der Waals surface area contributed by atoms with E-state index in [1.807, 2.05) is 20.8 Å². The topological polar surface area (TPSA) is 137 Å². The normalized spacial score (nSPS) is 12.6. The van der Waals surface area contributed by atoms with Crippen molar-refractivity contribution >= 4 is 17.7 Å². The van der Waals surface area contributed by atoms with Crippen LogP contribution in [-0.2, 0) is 12.5 Å². The molecule has 37 heavy (non-hydrogen) atoms. The number of benzene rings is 1. The summed E-state index contributed by atoms with van der Waals surface area (Å²) in [7, 11) is 1.72. The molecule has 0 spiro atoms. The smallest absolute Gasteiger partial charge is 0.293 e. The molecule has 3 aromatic heterocycles. The third-order valence-electron chi connectivity index (χ3n) is 5.28. The van der Waals surface area contributed by atoms with Crippen molar-refractivity contribution in [2.75, 3.05) is 5.32 Å².